The van der Waals surface area contributed by atoms with Crippen molar-refractivity contribution in [2.24, 2.45) is 5.92 Å². The number of ether oxygens (including phenoxy) is 1. The minimum absolute atomic E-state index is 0.0292. The average Bonchev–Trinajstić information content (AvgIpc) is 2.79. The highest BCUT2D eigenvalue weighted by Crippen LogP contribution is 2.27. The van der Waals surface area contributed by atoms with Gasteiger partial charge in [-0.2, -0.15) is 0 Å². The molecule has 28 heavy (non-hydrogen) atoms. The molecule has 2 amide bonds. The van der Waals surface area contributed by atoms with Crippen molar-refractivity contribution in [2.75, 3.05) is 19.7 Å². The third-order valence-electron chi connectivity index (χ3n) is 5.51. The maximum Gasteiger partial charge on any atom is 0.317 e. The number of pyridine rings is 1. The van der Waals surface area contributed by atoms with E-state index in [1.165, 1.54) is 6.42 Å². The van der Waals surface area contributed by atoms with E-state index in [0.29, 0.717) is 24.4 Å². The van der Waals surface area contributed by atoms with E-state index in [1.807, 2.05) is 29.2 Å². The zero-order chi connectivity index (χ0) is 19.2. The molecule has 0 bridgehead atoms. The van der Waals surface area contributed by atoms with Crippen molar-refractivity contribution in [1.82, 2.24) is 25.2 Å². The molecule has 0 aromatic carbocycles. The standard InChI is InChI=1S/C21H27N5O2/c27-21(26-12-5-6-16(15-26)19-8-2-4-13-28-19)24-14-17-9-11-23-20(25-17)18-7-1-3-10-22-18/h1,3,7,9-11,16,19H,2,4-6,8,12-15H2,(H,24,27). The molecule has 2 aromatic heterocycles. The molecule has 7 nitrogen and oxygen atoms in total. The number of nitrogens with zero attached hydrogens (tertiary/aromatic N) is 4. The van der Waals surface area contributed by atoms with E-state index in [4.69, 9.17) is 4.74 Å². The van der Waals surface area contributed by atoms with Gasteiger partial charge in [0.2, 0.25) is 0 Å². The van der Waals surface area contributed by atoms with Gasteiger partial charge in [0, 0.05) is 38.0 Å². The first-order valence-corrected chi connectivity index (χ1v) is 10.2. The second-order valence-electron chi connectivity index (χ2n) is 7.50. The molecule has 4 heterocycles. The number of aromatic nitrogens is 3. The summed E-state index contributed by atoms with van der Waals surface area (Å²) in [5.74, 6) is 1.02. The van der Waals surface area contributed by atoms with Crippen LogP contribution in [0.4, 0.5) is 4.79 Å². The SMILES string of the molecule is O=C(NCc1ccnc(-c2ccccn2)n1)N1CCCC(C2CCCCO2)C1. The normalized spacial score (nSPS) is 22.6. The fraction of sp³-hybridized carbons (Fsp3) is 0.524. The molecule has 2 aliphatic rings. The molecular weight excluding hydrogens is 354 g/mol. The third kappa shape index (κ3) is 4.65. The molecule has 2 aromatic rings. The van der Waals surface area contributed by atoms with Crippen LogP contribution in [-0.2, 0) is 11.3 Å². The fourth-order valence-corrected chi connectivity index (χ4v) is 4.03. The Hall–Kier alpha value is -2.54. The van der Waals surface area contributed by atoms with E-state index >= 15 is 0 Å². The van der Waals surface area contributed by atoms with Gasteiger partial charge < -0.3 is 15.0 Å². The summed E-state index contributed by atoms with van der Waals surface area (Å²) in [5.41, 5.74) is 1.50. The lowest BCUT2D eigenvalue weighted by molar-refractivity contribution is -0.0366. The van der Waals surface area contributed by atoms with E-state index in [9.17, 15) is 4.79 Å². The fourth-order valence-electron chi connectivity index (χ4n) is 4.03. The van der Waals surface area contributed by atoms with Crippen LogP contribution in [0, 0.1) is 5.92 Å². The third-order valence-corrected chi connectivity index (χ3v) is 5.51. The molecule has 2 atom stereocenters. The number of piperidine rings is 1. The first-order valence-electron chi connectivity index (χ1n) is 10.2. The number of rotatable bonds is 4. The van der Waals surface area contributed by atoms with Crippen molar-refractivity contribution in [3.05, 3.63) is 42.4 Å². The van der Waals surface area contributed by atoms with Crippen molar-refractivity contribution in [2.45, 2.75) is 44.8 Å². The van der Waals surface area contributed by atoms with Crippen molar-refractivity contribution >= 4 is 6.03 Å². The van der Waals surface area contributed by atoms with Crippen LogP contribution < -0.4 is 5.32 Å². The highest BCUT2D eigenvalue weighted by molar-refractivity contribution is 5.74. The maximum absolute atomic E-state index is 12.7. The molecule has 2 unspecified atom stereocenters. The van der Waals surface area contributed by atoms with Crippen LogP contribution >= 0.6 is 0 Å². The molecule has 0 saturated carbocycles. The van der Waals surface area contributed by atoms with Crippen LogP contribution in [0.3, 0.4) is 0 Å². The summed E-state index contributed by atoms with van der Waals surface area (Å²) in [7, 11) is 0. The molecule has 2 fully saturated rings. The van der Waals surface area contributed by atoms with Crippen LogP contribution in [0.2, 0.25) is 0 Å². The van der Waals surface area contributed by atoms with Crippen LogP contribution in [0.25, 0.3) is 11.5 Å². The number of amides is 2. The summed E-state index contributed by atoms with van der Waals surface area (Å²) in [6.07, 6.45) is 9.44. The van der Waals surface area contributed by atoms with Crippen molar-refractivity contribution in [3.63, 3.8) is 0 Å². The Kier molecular flexibility index (Phi) is 6.11. The van der Waals surface area contributed by atoms with E-state index in [0.717, 1.165) is 56.8 Å². The number of urea groups is 1. The van der Waals surface area contributed by atoms with E-state index in [1.54, 1.807) is 12.4 Å². The lowest BCUT2D eigenvalue weighted by Gasteiger charge is -2.38. The minimum atomic E-state index is -0.0292. The molecule has 0 radical (unpaired) electrons. The van der Waals surface area contributed by atoms with Crippen LogP contribution in [0.15, 0.2) is 36.7 Å². The minimum Gasteiger partial charge on any atom is -0.378 e. The monoisotopic (exact) mass is 381 g/mol. The van der Waals surface area contributed by atoms with Crippen molar-refractivity contribution in [1.29, 1.82) is 0 Å². The van der Waals surface area contributed by atoms with Gasteiger partial charge in [-0.1, -0.05) is 6.07 Å². The largest absolute Gasteiger partial charge is 0.378 e. The molecule has 4 rings (SSSR count). The Morgan fingerprint density at radius 1 is 1.14 bits per heavy atom. The van der Waals surface area contributed by atoms with Gasteiger partial charge in [0.1, 0.15) is 5.69 Å². The van der Waals surface area contributed by atoms with Gasteiger partial charge in [-0.15, -0.1) is 0 Å². The predicted molar refractivity (Wildman–Crippen MR) is 105 cm³/mol. The summed E-state index contributed by atoms with van der Waals surface area (Å²) >= 11 is 0. The number of likely N-dealkylation sites (tertiary alicyclic amines) is 1. The average molecular weight is 381 g/mol. The summed E-state index contributed by atoms with van der Waals surface area (Å²) < 4.78 is 5.95. The van der Waals surface area contributed by atoms with Gasteiger partial charge >= 0.3 is 6.03 Å². The molecule has 7 heteroatoms. The lowest BCUT2D eigenvalue weighted by Crippen LogP contribution is -2.48. The molecule has 1 N–H and O–H groups in total. The zero-order valence-electron chi connectivity index (χ0n) is 16.1. The summed E-state index contributed by atoms with van der Waals surface area (Å²) in [5, 5.41) is 3.01. The topological polar surface area (TPSA) is 80.2 Å². The Morgan fingerprint density at radius 3 is 2.93 bits per heavy atom. The van der Waals surface area contributed by atoms with Crippen LogP contribution in [0.5, 0.6) is 0 Å². The van der Waals surface area contributed by atoms with Gasteiger partial charge in [0.25, 0.3) is 0 Å². The smallest absolute Gasteiger partial charge is 0.317 e. The van der Waals surface area contributed by atoms with E-state index in [2.05, 4.69) is 20.3 Å². The Morgan fingerprint density at radius 2 is 2.11 bits per heavy atom. The molecule has 2 saturated heterocycles. The van der Waals surface area contributed by atoms with E-state index in [-0.39, 0.29) is 6.03 Å². The van der Waals surface area contributed by atoms with Gasteiger partial charge in [-0.3, -0.25) is 4.98 Å². The van der Waals surface area contributed by atoms with Crippen LogP contribution in [0.1, 0.15) is 37.8 Å². The maximum atomic E-state index is 12.7. The lowest BCUT2D eigenvalue weighted by atomic mass is 9.88. The second kappa shape index (κ2) is 9.10. The highest BCUT2D eigenvalue weighted by atomic mass is 16.5. The van der Waals surface area contributed by atoms with Gasteiger partial charge in [0.05, 0.1) is 18.3 Å². The van der Waals surface area contributed by atoms with Gasteiger partial charge in [-0.05, 0) is 50.3 Å². The molecule has 148 valence electrons. The van der Waals surface area contributed by atoms with Gasteiger partial charge in [-0.25, -0.2) is 14.8 Å². The summed E-state index contributed by atoms with van der Waals surface area (Å²) in [4.78, 5) is 27.7. The van der Waals surface area contributed by atoms with Crippen LogP contribution in [-0.4, -0.2) is 51.7 Å². The number of carbonyl (C=O) groups is 1. The number of nitrogens with one attached hydrogen (secondary N) is 1. The summed E-state index contributed by atoms with van der Waals surface area (Å²) in [6, 6.07) is 7.43. The molecule has 0 spiro atoms. The first kappa shape index (κ1) is 18.8. The number of hydrogen-bond acceptors (Lipinski definition) is 5. The first-order chi connectivity index (χ1) is 13.8. The Labute approximate surface area is 165 Å². The van der Waals surface area contributed by atoms with Gasteiger partial charge in [0.15, 0.2) is 5.82 Å². The number of hydrogen-bond donors (Lipinski definition) is 1. The Balaban J connectivity index is 1.33. The van der Waals surface area contributed by atoms with E-state index < -0.39 is 0 Å². The second-order valence-corrected chi connectivity index (χ2v) is 7.50. The Bertz CT molecular complexity index is 779. The van der Waals surface area contributed by atoms with Crippen molar-refractivity contribution < 1.29 is 9.53 Å². The highest BCUT2D eigenvalue weighted by Gasteiger charge is 2.30. The quantitative estimate of drug-likeness (QED) is 0.880. The van der Waals surface area contributed by atoms with Crippen molar-refractivity contribution in [3.8, 4) is 11.5 Å². The summed E-state index contributed by atoms with van der Waals surface area (Å²) in [6.45, 7) is 2.82. The number of carbonyl (C=O) groups excluding carboxylic acids is 1. The zero-order valence-corrected chi connectivity index (χ0v) is 16.1. The molecular formula is C21H27N5O2. The molecule has 2 aliphatic heterocycles. The molecule has 0 aliphatic carbocycles. The predicted octanol–water partition coefficient (Wildman–Crippen LogP) is 3.03.